The first-order valence-electron chi connectivity index (χ1n) is 5.32. The lowest BCUT2D eigenvalue weighted by Crippen LogP contribution is -2.53. The van der Waals surface area contributed by atoms with E-state index in [4.69, 9.17) is 10.00 Å². The molecular formula is C12H13N3O2. The van der Waals surface area contributed by atoms with Gasteiger partial charge in [-0.05, 0) is 12.1 Å². The van der Waals surface area contributed by atoms with Crippen molar-refractivity contribution in [2.24, 2.45) is 5.41 Å². The number of rotatable bonds is 3. The van der Waals surface area contributed by atoms with Gasteiger partial charge in [0.1, 0.15) is 0 Å². The first-order valence-corrected chi connectivity index (χ1v) is 5.32. The minimum atomic E-state index is -0.983. The molecule has 0 saturated carbocycles. The van der Waals surface area contributed by atoms with Crippen molar-refractivity contribution < 1.29 is 9.53 Å². The summed E-state index contributed by atoms with van der Waals surface area (Å²) in [4.78, 5) is 17.7. The molecule has 0 aromatic carbocycles. The van der Waals surface area contributed by atoms with E-state index in [0.29, 0.717) is 6.54 Å². The summed E-state index contributed by atoms with van der Waals surface area (Å²) in [5.41, 5.74) is -0.180. The summed E-state index contributed by atoms with van der Waals surface area (Å²) >= 11 is 0. The van der Waals surface area contributed by atoms with Crippen LogP contribution in [0.2, 0.25) is 0 Å². The van der Waals surface area contributed by atoms with Crippen molar-refractivity contribution in [3.8, 4) is 6.07 Å². The highest BCUT2D eigenvalue weighted by Gasteiger charge is 2.48. The van der Waals surface area contributed by atoms with E-state index in [9.17, 15) is 4.79 Å². The van der Waals surface area contributed by atoms with Crippen LogP contribution in [0.25, 0.3) is 0 Å². The number of aromatic nitrogens is 1. The molecule has 17 heavy (non-hydrogen) atoms. The van der Waals surface area contributed by atoms with Crippen LogP contribution < -0.4 is 0 Å². The van der Waals surface area contributed by atoms with Crippen molar-refractivity contribution in [3.05, 3.63) is 30.1 Å². The zero-order valence-corrected chi connectivity index (χ0v) is 9.59. The number of pyridine rings is 1. The molecule has 0 atom stereocenters. The van der Waals surface area contributed by atoms with Gasteiger partial charge in [0.15, 0.2) is 5.41 Å². The Morgan fingerprint density at radius 2 is 2.41 bits per heavy atom. The second kappa shape index (κ2) is 4.52. The summed E-state index contributed by atoms with van der Waals surface area (Å²) in [5, 5.41) is 9.03. The lowest BCUT2D eigenvalue weighted by molar-refractivity contribution is -0.160. The second-order valence-corrected chi connectivity index (χ2v) is 4.17. The molecule has 1 amide bonds. The highest BCUT2D eigenvalue weighted by molar-refractivity contribution is 5.86. The van der Waals surface area contributed by atoms with Crippen molar-refractivity contribution in [1.29, 1.82) is 5.26 Å². The van der Waals surface area contributed by atoms with Gasteiger partial charge in [0, 0.05) is 13.2 Å². The molecule has 88 valence electrons. The molecule has 1 aromatic heterocycles. The maximum absolute atomic E-state index is 12.1. The summed E-state index contributed by atoms with van der Waals surface area (Å²) in [6.07, 6.45) is 1.68. The van der Waals surface area contributed by atoms with E-state index < -0.39 is 5.41 Å². The predicted molar refractivity (Wildman–Crippen MR) is 59.6 cm³/mol. The van der Waals surface area contributed by atoms with Gasteiger partial charge in [-0.3, -0.25) is 9.78 Å². The van der Waals surface area contributed by atoms with E-state index in [-0.39, 0.29) is 19.1 Å². The van der Waals surface area contributed by atoms with E-state index in [1.54, 1.807) is 13.2 Å². The van der Waals surface area contributed by atoms with E-state index >= 15 is 0 Å². The highest BCUT2D eigenvalue weighted by atomic mass is 16.5. The normalized spacial score (nSPS) is 16.7. The molecule has 2 rings (SSSR count). The molecule has 0 unspecified atom stereocenters. The fourth-order valence-electron chi connectivity index (χ4n) is 1.71. The lowest BCUT2D eigenvalue weighted by Gasteiger charge is -2.36. The van der Waals surface area contributed by atoms with Gasteiger partial charge in [-0.25, -0.2) is 0 Å². The van der Waals surface area contributed by atoms with Crippen molar-refractivity contribution in [2.75, 3.05) is 20.3 Å². The molecule has 1 aromatic rings. The van der Waals surface area contributed by atoms with Gasteiger partial charge >= 0.3 is 0 Å². The Morgan fingerprint density at radius 1 is 1.65 bits per heavy atom. The van der Waals surface area contributed by atoms with Gasteiger partial charge in [0.05, 0.1) is 31.5 Å². The molecule has 0 N–H and O–H groups in total. The number of nitrogens with zero attached hydrogens (tertiary/aromatic N) is 3. The Hall–Kier alpha value is -1.93. The van der Waals surface area contributed by atoms with Gasteiger partial charge in [-0.15, -0.1) is 0 Å². The number of amides is 1. The number of hydrogen-bond donors (Lipinski definition) is 0. The minimum Gasteiger partial charge on any atom is -0.377 e. The van der Waals surface area contributed by atoms with E-state index in [0.717, 1.165) is 5.69 Å². The standard InChI is InChI=1S/C12H13N3O2/c1-15(6-10-4-2-3-5-14-10)11(16)12(7-13)8-17-9-12/h2-5H,6,8-9H2,1H3. The molecule has 5 nitrogen and oxygen atoms in total. The fraction of sp³-hybridized carbons (Fsp3) is 0.417. The summed E-state index contributed by atoms with van der Waals surface area (Å²) in [7, 11) is 1.68. The lowest BCUT2D eigenvalue weighted by atomic mass is 9.86. The molecule has 0 spiro atoms. The molecule has 0 aliphatic carbocycles. The maximum atomic E-state index is 12.1. The Morgan fingerprint density at radius 3 is 2.88 bits per heavy atom. The highest BCUT2D eigenvalue weighted by Crippen LogP contribution is 2.28. The Balaban J connectivity index is 2.04. The van der Waals surface area contributed by atoms with Crippen LogP contribution in [0.5, 0.6) is 0 Å². The average molecular weight is 231 g/mol. The molecule has 5 heteroatoms. The maximum Gasteiger partial charge on any atom is 0.247 e. The molecule has 1 saturated heterocycles. The molecular weight excluding hydrogens is 218 g/mol. The number of carbonyl (C=O) groups excluding carboxylic acids is 1. The largest absolute Gasteiger partial charge is 0.377 e. The average Bonchev–Trinajstić information content (AvgIpc) is 2.29. The van der Waals surface area contributed by atoms with E-state index in [1.165, 1.54) is 4.90 Å². The second-order valence-electron chi connectivity index (χ2n) is 4.17. The molecule has 1 fully saturated rings. The number of hydrogen-bond acceptors (Lipinski definition) is 4. The van der Waals surface area contributed by atoms with Crippen LogP contribution in [0.1, 0.15) is 5.69 Å². The van der Waals surface area contributed by atoms with Crippen LogP contribution in [-0.2, 0) is 16.1 Å². The predicted octanol–water partition coefficient (Wildman–Crippen LogP) is 0.580. The quantitative estimate of drug-likeness (QED) is 0.763. The number of nitriles is 1. The van der Waals surface area contributed by atoms with E-state index in [1.807, 2.05) is 24.3 Å². The SMILES string of the molecule is CN(Cc1ccccn1)C(=O)C1(C#N)COC1. The number of carbonyl (C=O) groups is 1. The molecule has 1 aliphatic rings. The minimum absolute atomic E-state index is 0.189. The van der Waals surface area contributed by atoms with E-state index in [2.05, 4.69) is 4.98 Å². The van der Waals surface area contributed by atoms with Crippen LogP contribution in [0, 0.1) is 16.7 Å². The molecule has 1 aliphatic heterocycles. The molecule has 0 bridgehead atoms. The van der Waals surface area contributed by atoms with Crippen molar-refractivity contribution in [2.45, 2.75) is 6.54 Å². The van der Waals surface area contributed by atoms with Crippen molar-refractivity contribution in [3.63, 3.8) is 0 Å². The van der Waals surface area contributed by atoms with Crippen LogP contribution in [0.15, 0.2) is 24.4 Å². The van der Waals surface area contributed by atoms with Crippen LogP contribution in [-0.4, -0.2) is 36.1 Å². The molecule has 2 heterocycles. The Labute approximate surface area is 99.6 Å². The third-order valence-electron chi connectivity index (χ3n) is 2.79. The smallest absolute Gasteiger partial charge is 0.247 e. The Bertz CT molecular complexity index is 449. The van der Waals surface area contributed by atoms with Gasteiger partial charge in [-0.1, -0.05) is 6.07 Å². The summed E-state index contributed by atoms with van der Waals surface area (Å²) in [6, 6.07) is 7.58. The zero-order valence-electron chi connectivity index (χ0n) is 9.59. The number of ether oxygens (including phenoxy) is 1. The van der Waals surface area contributed by atoms with Crippen LogP contribution in [0.4, 0.5) is 0 Å². The topological polar surface area (TPSA) is 66.2 Å². The fourth-order valence-corrected chi connectivity index (χ4v) is 1.71. The van der Waals surface area contributed by atoms with Crippen LogP contribution in [0.3, 0.4) is 0 Å². The zero-order chi connectivity index (χ0) is 12.3. The monoisotopic (exact) mass is 231 g/mol. The summed E-state index contributed by atoms with van der Waals surface area (Å²) < 4.78 is 4.97. The van der Waals surface area contributed by atoms with Gasteiger partial charge < -0.3 is 9.64 Å². The first kappa shape index (κ1) is 11.6. The van der Waals surface area contributed by atoms with Gasteiger partial charge in [-0.2, -0.15) is 5.26 Å². The van der Waals surface area contributed by atoms with Crippen molar-refractivity contribution >= 4 is 5.91 Å². The third-order valence-corrected chi connectivity index (χ3v) is 2.79. The Kier molecular flexibility index (Phi) is 3.07. The first-order chi connectivity index (χ1) is 8.18. The third kappa shape index (κ3) is 2.12. The van der Waals surface area contributed by atoms with Crippen molar-refractivity contribution in [1.82, 2.24) is 9.88 Å². The summed E-state index contributed by atoms with van der Waals surface area (Å²) in [5.74, 6) is -0.197. The van der Waals surface area contributed by atoms with Gasteiger partial charge in [0.2, 0.25) is 5.91 Å². The summed E-state index contributed by atoms with van der Waals surface area (Å²) in [6.45, 7) is 0.785. The molecule has 0 radical (unpaired) electrons. The van der Waals surface area contributed by atoms with Crippen LogP contribution >= 0.6 is 0 Å². The van der Waals surface area contributed by atoms with Gasteiger partial charge in [0.25, 0.3) is 0 Å².